The Morgan fingerprint density at radius 3 is 2.34 bits per heavy atom. The van der Waals surface area contributed by atoms with Crippen LogP contribution in [0.5, 0.6) is 5.75 Å². The molecule has 8 heteroatoms. The standard InChI is InChI=1S/C24H29N5O3/c1-27(2)19-6-4-18(5-7-19)24-25-22(32-26-24)12-13-23(30)29-16-14-28(15-17-29)20-8-10-21(31-3)11-9-20/h4-11H,12-17H2,1-3H3. The van der Waals surface area contributed by atoms with Crippen LogP contribution in [0.3, 0.4) is 0 Å². The summed E-state index contributed by atoms with van der Waals surface area (Å²) in [7, 11) is 5.66. The second-order valence-corrected chi connectivity index (χ2v) is 8.02. The summed E-state index contributed by atoms with van der Waals surface area (Å²) in [4.78, 5) is 23.4. The summed E-state index contributed by atoms with van der Waals surface area (Å²) in [6, 6.07) is 16.0. The quantitative estimate of drug-likeness (QED) is 0.565. The molecule has 168 valence electrons. The number of hydrogen-bond acceptors (Lipinski definition) is 7. The van der Waals surface area contributed by atoms with Crippen LogP contribution in [0.4, 0.5) is 11.4 Å². The van der Waals surface area contributed by atoms with E-state index in [-0.39, 0.29) is 5.91 Å². The van der Waals surface area contributed by atoms with Gasteiger partial charge in [-0.1, -0.05) is 5.16 Å². The van der Waals surface area contributed by atoms with Gasteiger partial charge in [0.1, 0.15) is 5.75 Å². The lowest BCUT2D eigenvalue weighted by Gasteiger charge is -2.36. The van der Waals surface area contributed by atoms with E-state index in [9.17, 15) is 4.79 Å². The number of ether oxygens (including phenoxy) is 1. The van der Waals surface area contributed by atoms with E-state index in [1.54, 1.807) is 7.11 Å². The maximum absolute atomic E-state index is 12.7. The lowest BCUT2D eigenvalue weighted by molar-refractivity contribution is -0.131. The van der Waals surface area contributed by atoms with E-state index in [1.807, 2.05) is 60.3 Å². The monoisotopic (exact) mass is 435 g/mol. The molecule has 1 saturated heterocycles. The van der Waals surface area contributed by atoms with E-state index in [2.05, 4.69) is 27.2 Å². The first-order valence-electron chi connectivity index (χ1n) is 10.8. The van der Waals surface area contributed by atoms with Gasteiger partial charge in [-0.15, -0.1) is 0 Å². The molecule has 1 aliphatic rings. The predicted molar refractivity (Wildman–Crippen MR) is 124 cm³/mol. The summed E-state index contributed by atoms with van der Waals surface area (Å²) < 4.78 is 10.6. The molecule has 1 amide bonds. The Hall–Kier alpha value is -3.55. The van der Waals surface area contributed by atoms with Crippen molar-refractivity contribution in [2.24, 2.45) is 0 Å². The molecule has 0 saturated carbocycles. The fourth-order valence-corrected chi connectivity index (χ4v) is 3.76. The second kappa shape index (κ2) is 9.72. The molecule has 1 aromatic heterocycles. The van der Waals surface area contributed by atoms with Crippen molar-refractivity contribution in [2.45, 2.75) is 12.8 Å². The lowest BCUT2D eigenvalue weighted by Crippen LogP contribution is -2.48. The van der Waals surface area contributed by atoms with Gasteiger partial charge in [-0.05, 0) is 48.5 Å². The van der Waals surface area contributed by atoms with Crippen molar-refractivity contribution in [3.63, 3.8) is 0 Å². The molecule has 0 bridgehead atoms. The van der Waals surface area contributed by atoms with Crippen molar-refractivity contribution in [3.8, 4) is 17.1 Å². The Kier molecular flexibility index (Phi) is 6.58. The second-order valence-electron chi connectivity index (χ2n) is 8.02. The van der Waals surface area contributed by atoms with Crippen LogP contribution < -0.4 is 14.5 Å². The minimum atomic E-state index is 0.120. The number of aryl methyl sites for hydroxylation is 1. The smallest absolute Gasteiger partial charge is 0.227 e. The van der Waals surface area contributed by atoms with E-state index in [0.717, 1.165) is 35.8 Å². The van der Waals surface area contributed by atoms with Gasteiger partial charge in [0.15, 0.2) is 0 Å². The number of nitrogens with zero attached hydrogens (tertiary/aromatic N) is 5. The molecule has 2 heterocycles. The Bertz CT molecular complexity index is 1020. The average Bonchev–Trinajstić information content (AvgIpc) is 3.32. The Labute approximate surface area is 188 Å². The van der Waals surface area contributed by atoms with Gasteiger partial charge in [0.2, 0.25) is 17.6 Å². The summed E-state index contributed by atoms with van der Waals surface area (Å²) in [5.41, 5.74) is 3.15. The number of amides is 1. The normalized spacial score (nSPS) is 13.8. The molecular weight excluding hydrogens is 406 g/mol. The van der Waals surface area contributed by atoms with E-state index in [0.29, 0.717) is 37.6 Å². The SMILES string of the molecule is COc1ccc(N2CCN(C(=O)CCc3nc(-c4ccc(N(C)C)cc4)no3)CC2)cc1. The molecule has 0 spiro atoms. The number of anilines is 2. The first-order valence-corrected chi connectivity index (χ1v) is 10.8. The molecule has 3 aromatic rings. The number of carbonyl (C=O) groups excluding carboxylic acids is 1. The first-order chi connectivity index (χ1) is 15.5. The zero-order chi connectivity index (χ0) is 22.5. The fourth-order valence-electron chi connectivity index (χ4n) is 3.76. The summed E-state index contributed by atoms with van der Waals surface area (Å²) in [5, 5.41) is 4.07. The third kappa shape index (κ3) is 5.01. The number of aromatic nitrogens is 2. The predicted octanol–water partition coefficient (Wildman–Crippen LogP) is 3.09. The Balaban J connectivity index is 1.26. The van der Waals surface area contributed by atoms with Crippen LogP contribution in [-0.4, -0.2) is 68.3 Å². The first kappa shape index (κ1) is 21.7. The van der Waals surface area contributed by atoms with Crippen molar-refractivity contribution in [1.29, 1.82) is 0 Å². The van der Waals surface area contributed by atoms with Crippen LogP contribution in [0, 0.1) is 0 Å². The van der Waals surface area contributed by atoms with Gasteiger partial charge < -0.3 is 24.0 Å². The third-order valence-electron chi connectivity index (χ3n) is 5.73. The minimum Gasteiger partial charge on any atom is -0.497 e. The molecule has 1 aliphatic heterocycles. The Morgan fingerprint density at radius 2 is 1.72 bits per heavy atom. The molecule has 1 fully saturated rings. The van der Waals surface area contributed by atoms with Crippen LogP contribution in [0.1, 0.15) is 12.3 Å². The van der Waals surface area contributed by atoms with Crippen LogP contribution in [0.15, 0.2) is 53.1 Å². The maximum Gasteiger partial charge on any atom is 0.227 e. The molecule has 4 rings (SSSR count). The van der Waals surface area contributed by atoms with Gasteiger partial charge in [0, 0.05) is 70.1 Å². The van der Waals surface area contributed by atoms with E-state index in [1.165, 1.54) is 0 Å². The van der Waals surface area contributed by atoms with Gasteiger partial charge >= 0.3 is 0 Å². The number of hydrogen-bond donors (Lipinski definition) is 0. The van der Waals surface area contributed by atoms with Gasteiger partial charge in [-0.3, -0.25) is 4.79 Å². The van der Waals surface area contributed by atoms with Crippen LogP contribution in [0.25, 0.3) is 11.4 Å². The van der Waals surface area contributed by atoms with E-state index < -0.39 is 0 Å². The zero-order valence-electron chi connectivity index (χ0n) is 18.8. The average molecular weight is 436 g/mol. The number of rotatable bonds is 7. The number of piperazine rings is 1. The fraction of sp³-hybridized carbons (Fsp3) is 0.375. The van der Waals surface area contributed by atoms with Crippen molar-refractivity contribution >= 4 is 17.3 Å². The largest absolute Gasteiger partial charge is 0.497 e. The molecule has 0 unspecified atom stereocenters. The van der Waals surface area contributed by atoms with Gasteiger partial charge in [0.25, 0.3) is 0 Å². The van der Waals surface area contributed by atoms with E-state index in [4.69, 9.17) is 9.26 Å². The molecular formula is C24H29N5O3. The van der Waals surface area contributed by atoms with Gasteiger partial charge in [-0.2, -0.15) is 4.98 Å². The van der Waals surface area contributed by atoms with Crippen LogP contribution in [0.2, 0.25) is 0 Å². The van der Waals surface area contributed by atoms with Crippen molar-refractivity contribution in [2.75, 3.05) is 57.2 Å². The highest BCUT2D eigenvalue weighted by atomic mass is 16.5. The molecule has 0 N–H and O–H groups in total. The number of carbonyl (C=O) groups is 1. The third-order valence-corrected chi connectivity index (χ3v) is 5.73. The van der Waals surface area contributed by atoms with Crippen molar-refractivity contribution in [3.05, 3.63) is 54.4 Å². The molecule has 0 aliphatic carbocycles. The molecule has 0 radical (unpaired) electrons. The number of benzene rings is 2. The van der Waals surface area contributed by atoms with Gasteiger partial charge in [0.05, 0.1) is 7.11 Å². The Morgan fingerprint density at radius 1 is 1.03 bits per heavy atom. The number of methoxy groups -OCH3 is 1. The molecule has 2 aromatic carbocycles. The highest BCUT2D eigenvalue weighted by molar-refractivity contribution is 5.76. The van der Waals surface area contributed by atoms with Crippen LogP contribution >= 0.6 is 0 Å². The summed E-state index contributed by atoms with van der Waals surface area (Å²) in [5.74, 6) is 2.00. The topological polar surface area (TPSA) is 74.9 Å². The highest BCUT2D eigenvalue weighted by Gasteiger charge is 2.22. The van der Waals surface area contributed by atoms with Gasteiger partial charge in [-0.25, -0.2) is 0 Å². The zero-order valence-corrected chi connectivity index (χ0v) is 18.8. The summed E-state index contributed by atoms with van der Waals surface area (Å²) in [6.45, 7) is 3.04. The lowest BCUT2D eigenvalue weighted by atomic mass is 10.2. The van der Waals surface area contributed by atoms with Crippen molar-refractivity contribution < 1.29 is 14.1 Å². The maximum atomic E-state index is 12.7. The molecule has 0 atom stereocenters. The van der Waals surface area contributed by atoms with E-state index >= 15 is 0 Å². The van der Waals surface area contributed by atoms with Crippen molar-refractivity contribution in [1.82, 2.24) is 15.0 Å². The summed E-state index contributed by atoms with van der Waals surface area (Å²) in [6.07, 6.45) is 0.810. The molecule has 32 heavy (non-hydrogen) atoms. The summed E-state index contributed by atoms with van der Waals surface area (Å²) >= 11 is 0. The van der Waals surface area contributed by atoms with Crippen LogP contribution in [-0.2, 0) is 11.2 Å². The molecule has 8 nitrogen and oxygen atoms in total. The minimum absolute atomic E-state index is 0.120. The highest BCUT2D eigenvalue weighted by Crippen LogP contribution is 2.22.